The molecule has 0 aliphatic heterocycles. The molecule has 1 heterocycles. The molecule has 0 bridgehead atoms. The molecule has 3 rings (SSSR count). The number of para-hydroxylation sites is 1. The Kier molecular flexibility index (Phi) is 3.59. The predicted molar refractivity (Wildman–Crippen MR) is 82.9 cm³/mol. The Balaban J connectivity index is 1.71. The predicted octanol–water partition coefficient (Wildman–Crippen LogP) is 3.59. The summed E-state index contributed by atoms with van der Waals surface area (Å²) in [5, 5.41) is 4.47. The van der Waals surface area contributed by atoms with Crippen molar-refractivity contribution in [2.75, 3.05) is 11.9 Å². The summed E-state index contributed by atoms with van der Waals surface area (Å²) >= 11 is 0. The highest BCUT2D eigenvalue weighted by Gasteiger charge is 2.02. The van der Waals surface area contributed by atoms with Gasteiger partial charge >= 0.3 is 0 Å². The van der Waals surface area contributed by atoms with Gasteiger partial charge in [0.1, 0.15) is 12.1 Å². The maximum atomic E-state index is 4.33. The molecule has 0 spiro atoms. The number of rotatable bonds is 4. The fourth-order valence-corrected chi connectivity index (χ4v) is 2.34. The molecular weight excluding hydrogens is 246 g/mol. The van der Waals surface area contributed by atoms with Gasteiger partial charge < -0.3 is 5.32 Å². The van der Waals surface area contributed by atoms with Gasteiger partial charge in [-0.15, -0.1) is 0 Å². The Morgan fingerprint density at radius 2 is 1.90 bits per heavy atom. The largest absolute Gasteiger partial charge is 0.369 e. The molecular formula is C17H17N3. The van der Waals surface area contributed by atoms with E-state index in [0.29, 0.717) is 0 Å². The SMILES string of the molecule is Cc1cccc(CCNc2ncnc3ccccc23)c1. The number of fused-ring (bicyclic) bond motifs is 1. The first-order valence-electron chi connectivity index (χ1n) is 6.82. The minimum Gasteiger partial charge on any atom is -0.369 e. The van der Waals surface area contributed by atoms with Crippen molar-refractivity contribution in [2.45, 2.75) is 13.3 Å². The number of nitrogens with one attached hydrogen (secondary N) is 1. The van der Waals surface area contributed by atoms with Gasteiger partial charge in [-0.2, -0.15) is 0 Å². The Labute approximate surface area is 118 Å². The van der Waals surface area contributed by atoms with Gasteiger partial charge in [-0.3, -0.25) is 0 Å². The van der Waals surface area contributed by atoms with E-state index < -0.39 is 0 Å². The summed E-state index contributed by atoms with van der Waals surface area (Å²) < 4.78 is 0. The second-order valence-electron chi connectivity index (χ2n) is 4.91. The second kappa shape index (κ2) is 5.70. The molecule has 3 aromatic rings. The molecule has 0 saturated carbocycles. The Morgan fingerprint density at radius 1 is 1.00 bits per heavy atom. The summed E-state index contributed by atoms with van der Waals surface area (Å²) in [5.74, 6) is 0.906. The number of hydrogen-bond acceptors (Lipinski definition) is 3. The van der Waals surface area contributed by atoms with Crippen molar-refractivity contribution >= 4 is 16.7 Å². The van der Waals surface area contributed by atoms with Crippen LogP contribution in [0, 0.1) is 6.92 Å². The first-order chi connectivity index (χ1) is 9.83. The van der Waals surface area contributed by atoms with Crippen molar-refractivity contribution in [3.63, 3.8) is 0 Å². The molecule has 2 aromatic carbocycles. The maximum absolute atomic E-state index is 4.33. The number of benzene rings is 2. The summed E-state index contributed by atoms with van der Waals surface area (Å²) in [6.07, 6.45) is 2.59. The zero-order valence-electron chi connectivity index (χ0n) is 11.5. The summed E-state index contributed by atoms with van der Waals surface area (Å²) in [7, 11) is 0. The molecule has 3 nitrogen and oxygen atoms in total. The molecule has 20 heavy (non-hydrogen) atoms. The average Bonchev–Trinajstić information content (AvgIpc) is 2.48. The summed E-state index contributed by atoms with van der Waals surface area (Å²) in [6, 6.07) is 16.7. The van der Waals surface area contributed by atoms with E-state index in [4.69, 9.17) is 0 Å². The third-order valence-electron chi connectivity index (χ3n) is 3.33. The normalized spacial score (nSPS) is 10.7. The first kappa shape index (κ1) is 12.6. The molecule has 1 aromatic heterocycles. The van der Waals surface area contributed by atoms with Crippen LogP contribution in [0.25, 0.3) is 10.9 Å². The van der Waals surface area contributed by atoms with E-state index in [1.807, 2.05) is 24.3 Å². The van der Waals surface area contributed by atoms with E-state index in [0.717, 1.165) is 29.7 Å². The van der Waals surface area contributed by atoms with Crippen molar-refractivity contribution in [3.8, 4) is 0 Å². The van der Waals surface area contributed by atoms with Crippen LogP contribution in [0.1, 0.15) is 11.1 Å². The Hall–Kier alpha value is -2.42. The van der Waals surface area contributed by atoms with Crippen molar-refractivity contribution < 1.29 is 0 Å². The number of nitrogens with zero attached hydrogens (tertiary/aromatic N) is 2. The molecule has 0 saturated heterocycles. The van der Waals surface area contributed by atoms with E-state index in [1.165, 1.54) is 11.1 Å². The maximum Gasteiger partial charge on any atom is 0.137 e. The lowest BCUT2D eigenvalue weighted by Crippen LogP contribution is -2.07. The average molecular weight is 263 g/mol. The molecule has 0 aliphatic rings. The zero-order valence-corrected chi connectivity index (χ0v) is 11.5. The van der Waals surface area contributed by atoms with Gasteiger partial charge in [0.15, 0.2) is 0 Å². The van der Waals surface area contributed by atoms with Gasteiger partial charge in [0.05, 0.1) is 5.52 Å². The van der Waals surface area contributed by atoms with E-state index in [9.17, 15) is 0 Å². The third kappa shape index (κ3) is 2.77. The molecule has 3 heteroatoms. The van der Waals surface area contributed by atoms with Gasteiger partial charge in [-0.05, 0) is 31.0 Å². The lowest BCUT2D eigenvalue weighted by atomic mass is 10.1. The zero-order chi connectivity index (χ0) is 13.8. The Bertz CT molecular complexity index is 717. The fourth-order valence-electron chi connectivity index (χ4n) is 2.34. The summed E-state index contributed by atoms with van der Waals surface area (Å²) in [4.78, 5) is 8.60. The molecule has 0 radical (unpaired) electrons. The lowest BCUT2D eigenvalue weighted by molar-refractivity contribution is 1.00. The van der Waals surface area contributed by atoms with Gasteiger partial charge in [-0.1, -0.05) is 42.0 Å². The monoisotopic (exact) mass is 263 g/mol. The van der Waals surface area contributed by atoms with Crippen LogP contribution in [0.3, 0.4) is 0 Å². The lowest BCUT2D eigenvalue weighted by Gasteiger charge is -2.08. The number of hydrogen-bond donors (Lipinski definition) is 1. The van der Waals surface area contributed by atoms with E-state index >= 15 is 0 Å². The van der Waals surface area contributed by atoms with E-state index in [2.05, 4.69) is 46.5 Å². The highest BCUT2D eigenvalue weighted by Crippen LogP contribution is 2.18. The van der Waals surface area contributed by atoms with Crippen molar-refractivity contribution in [3.05, 3.63) is 66.0 Å². The van der Waals surface area contributed by atoms with Crippen LogP contribution in [0.4, 0.5) is 5.82 Å². The quantitative estimate of drug-likeness (QED) is 0.781. The molecule has 100 valence electrons. The first-order valence-corrected chi connectivity index (χ1v) is 6.82. The van der Waals surface area contributed by atoms with Crippen LogP contribution >= 0.6 is 0 Å². The topological polar surface area (TPSA) is 37.8 Å². The smallest absolute Gasteiger partial charge is 0.137 e. The molecule has 0 unspecified atom stereocenters. The molecule has 0 atom stereocenters. The van der Waals surface area contributed by atoms with E-state index in [-0.39, 0.29) is 0 Å². The number of aromatic nitrogens is 2. The van der Waals surface area contributed by atoms with Crippen LogP contribution in [0.15, 0.2) is 54.9 Å². The van der Waals surface area contributed by atoms with Gasteiger partial charge in [0.25, 0.3) is 0 Å². The fraction of sp³-hybridized carbons (Fsp3) is 0.176. The van der Waals surface area contributed by atoms with Gasteiger partial charge in [0, 0.05) is 11.9 Å². The number of aryl methyl sites for hydroxylation is 1. The minimum absolute atomic E-state index is 0.866. The molecule has 1 N–H and O–H groups in total. The summed E-state index contributed by atoms with van der Waals surface area (Å²) in [6.45, 7) is 2.99. The van der Waals surface area contributed by atoms with Crippen LogP contribution in [-0.2, 0) is 6.42 Å². The highest BCUT2D eigenvalue weighted by atomic mass is 15.0. The standard InChI is InChI=1S/C17H17N3/c1-13-5-4-6-14(11-13)9-10-18-17-15-7-2-3-8-16(15)19-12-20-17/h2-8,11-12H,9-10H2,1H3,(H,18,19,20). The second-order valence-corrected chi connectivity index (χ2v) is 4.91. The van der Waals surface area contributed by atoms with Crippen LogP contribution in [-0.4, -0.2) is 16.5 Å². The van der Waals surface area contributed by atoms with Crippen molar-refractivity contribution in [2.24, 2.45) is 0 Å². The van der Waals surface area contributed by atoms with E-state index in [1.54, 1.807) is 6.33 Å². The molecule has 0 amide bonds. The third-order valence-corrected chi connectivity index (χ3v) is 3.33. The van der Waals surface area contributed by atoms with Crippen LogP contribution in [0.5, 0.6) is 0 Å². The van der Waals surface area contributed by atoms with Crippen molar-refractivity contribution in [1.29, 1.82) is 0 Å². The summed E-state index contributed by atoms with van der Waals surface area (Å²) in [5.41, 5.74) is 3.62. The van der Waals surface area contributed by atoms with Crippen LogP contribution < -0.4 is 5.32 Å². The van der Waals surface area contributed by atoms with Gasteiger partial charge in [0.2, 0.25) is 0 Å². The molecule has 0 aliphatic carbocycles. The van der Waals surface area contributed by atoms with Crippen molar-refractivity contribution in [1.82, 2.24) is 9.97 Å². The van der Waals surface area contributed by atoms with Crippen LogP contribution in [0.2, 0.25) is 0 Å². The van der Waals surface area contributed by atoms with Gasteiger partial charge in [-0.25, -0.2) is 9.97 Å². The minimum atomic E-state index is 0.866. The molecule has 0 fully saturated rings. The highest BCUT2D eigenvalue weighted by molar-refractivity contribution is 5.88. The Morgan fingerprint density at radius 3 is 2.80 bits per heavy atom. The number of anilines is 1.